The molecule has 1 aliphatic rings. The number of ether oxygens (including phenoxy) is 1. The number of phenolic OH excluding ortho intramolecular Hbond substituents is 2. The lowest BCUT2D eigenvalue weighted by Crippen LogP contribution is -2.28. The fourth-order valence-corrected chi connectivity index (χ4v) is 2.64. The van der Waals surface area contributed by atoms with Crippen LogP contribution < -0.4 is 0 Å². The average Bonchev–Trinajstić information content (AvgIpc) is 2.49. The van der Waals surface area contributed by atoms with Crippen LogP contribution in [0.25, 0.3) is 0 Å². The summed E-state index contributed by atoms with van der Waals surface area (Å²) < 4.78 is 5.22. The summed E-state index contributed by atoms with van der Waals surface area (Å²) >= 11 is 0. The van der Waals surface area contributed by atoms with E-state index in [1.807, 2.05) is 19.9 Å². The highest BCUT2D eigenvalue weighted by molar-refractivity contribution is 6.13. The number of fused-ring (bicyclic) bond motifs is 1. The van der Waals surface area contributed by atoms with Crippen LogP contribution in [0.15, 0.2) is 35.4 Å². The zero-order chi connectivity index (χ0) is 18.0. The molecule has 0 fully saturated rings. The van der Waals surface area contributed by atoms with Crippen LogP contribution in [0, 0.1) is 0 Å². The number of phenols is 2. The molecule has 3 N–H and O–H groups in total. The van der Waals surface area contributed by atoms with Gasteiger partial charge in [0.1, 0.15) is 23.7 Å². The fraction of sp³-hybridized carbons (Fsp3) is 0.333. The number of aliphatic hydroxyl groups excluding tert-OH is 1. The molecule has 0 amide bonds. The summed E-state index contributed by atoms with van der Waals surface area (Å²) in [6.45, 7) is 4.98. The molecule has 2 rings (SSSR count). The Labute approximate surface area is 139 Å². The van der Waals surface area contributed by atoms with Crippen LogP contribution in [-0.2, 0) is 9.53 Å². The van der Waals surface area contributed by atoms with E-state index in [1.165, 1.54) is 25.1 Å². The summed E-state index contributed by atoms with van der Waals surface area (Å²) in [5.74, 6) is -1.78. The minimum absolute atomic E-state index is 0.0486. The minimum atomic E-state index is -1.29. The number of aliphatic hydroxyl groups is 1. The Balaban J connectivity index is 2.49. The standard InChI is InChI=1S/C18H20O6/c1-9(2)4-7-15(24-10(3)19)11-8-14(22)16-12(20)5-6-13(21)17(16)18(11)23/h4-6,8,14-15,20-22H,7H2,1-3H3/t14?,15-/m1/s1. The minimum Gasteiger partial charge on any atom is -0.508 e. The third kappa shape index (κ3) is 3.49. The van der Waals surface area contributed by atoms with Crippen molar-refractivity contribution in [3.63, 3.8) is 0 Å². The molecule has 0 spiro atoms. The number of ketones is 1. The van der Waals surface area contributed by atoms with Gasteiger partial charge in [0.2, 0.25) is 0 Å². The smallest absolute Gasteiger partial charge is 0.303 e. The number of hydrogen-bond donors (Lipinski definition) is 3. The first-order valence-corrected chi connectivity index (χ1v) is 7.52. The van der Waals surface area contributed by atoms with Crippen molar-refractivity contribution in [3.8, 4) is 11.5 Å². The highest BCUT2D eigenvalue weighted by Crippen LogP contribution is 2.40. The quantitative estimate of drug-likeness (QED) is 0.445. The third-order valence-corrected chi connectivity index (χ3v) is 3.72. The van der Waals surface area contributed by atoms with E-state index in [4.69, 9.17) is 4.74 Å². The zero-order valence-corrected chi connectivity index (χ0v) is 13.7. The van der Waals surface area contributed by atoms with Gasteiger partial charge in [0.25, 0.3) is 0 Å². The van der Waals surface area contributed by atoms with E-state index in [2.05, 4.69) is 0 Å². The van der Waals surface area contributed by atoms with Crippen LogP contribution in [-0.4, -0.2) is 33.2 Å². The van der Waals surface area contributed by atoms with Crippen LogP contribution in [0.3, 0.4) is 0 Å². The fourth-order valence-electron chi connectivity index (χ4n) is 2.64. The Kier molecular flexibility index (Phi) is 5.09. The van der Waals surface area contributed by atoms with Gasteiger partial charge in [0, 0.05) is 24.5 Å². The lowest BCUT2D eigenvalue weighted by molar-refractivity contribution is -0.144. The van der Waals surface area contributed by atoms with Crippen molar-refractivity contribution in [3.05, 3.63) is 46.6 Å². The molecule has 1 unspecified atom stereocenters. The Morgan fingerprint density at radius 3 is 2.46 bits per heavy atom. The number of hydrogen-bond acceptors (Lipinski definition) is 6. The largest absolute Gasteiger partial charge is 0.508 e. The summed E-state index contributed by atoms with van der Waals surface area (Å²) in [6, 6.07) is 2.38. The topological polar surface area (TPSA) is 104 Å². The van der Waals surface area contributed by atoms with Gasteiger partial charge in [-0.3, -0.25) is 9.59 Å². The van der Waals surface area contributed by atoms with E-state index >= 15 is 0 Å². The van der Waals surface area contributed by atoms with E-state index in [1.54, 1.807) is 0 Å². The Morgan fingerprint density at radius 2 is 1.88 bits per heavy atom. The van der Waals surface area contributed by atoms with Gasteiger partial charge in [0.15, 0.2) is 5.78 Å². The van der Waals surface area contributed by atoms with E-state index in [0.717, 1.165) is 5.57 Å². The summed E-state index contributed by atoms with van der Waals surface area (Å²) in [7, 11) is 0. The van der Waals surface area contributed by atoms with E-state index in [9.17, 15) is 24.9 Å². The van der Waals surface area contributed by atoms with Crippen molar-refractivity contribution in [2.24, 2.45) is 0 Å². The van der Waals surface area contributed by atoms with Gasteiger partial charge in [-0.2, -0.15) is 0 Å². The normalized spacial score (nSPS) is 17.6. The number of allylic oxidation sites excluding steroid dienone is 1. The highest BCUT2D eigenvalue weighted by Gasteiger charge is 2.35. The number of Topliss-reactive ketones (excluding diaryl/α,β-unsaturated/α-hetero) is 1. The van der Waals surface area contributed by atoms with E-state index in [-0.39, 0.29) is 34.6 Å². The van der Waals surface area contributed by atoms with Crippen molar-refractivity contribution >= 4 is 11.8 Å². The van der Waals surface area contributed by atoms with E-state index in [0.29, 0.717) is 0 Å². The second kappa shape index (κ2) is 6.88. The summed E-state index contributed by atoms with van der Waals surface area (Å²) in [5.41, 5.74) is 0.836. The summed E-state index contributed by atoms with van der Waals surface area (Å²) in [4.78, 5) is 24.1. The van der Waals surface area contributed by atoms with Crippen molar-refractivity contribution < 1.29 is 29.6 Å². The summed E-state index contributed by atoms with van der Waals surface area (Å²) in [5, 5.41) is 30.1. The molecule has 128 valence electrons. The maximum Gasteiger partial charge on any atom is 0.303 e. The first kappa shape index (κ1) is 17.7. The van der Waals surface area contributed by atoms with Gasteiger partial charge in [-0.25, -0.2) is 0 Å². The van der Waals surface area contributed by atoms with Gasteiger partial charge in [-0.1, -0.05) is 11.6 Å². The second-order valence-electron chi connectivity index (χ2n) is 5.90. The van der Waals surface area contributed by atoms with Gasteiger partial charge in [-0.15, -0.1) is 0 Å². The molecule has 1 aromatic carbocycles. The van der Waals surface area contributed by atoms with Gasteiger partial charge in [0.05, 0.1) is 5.56 Å². The predicted octanol–water partition coefficient (Wildman–Crippen LogP) is 2.54. The maximum absolute atomic E-state index is 12.7. The highest BCUT2D eigenvalue weighted by atomic mass is 16.5. The second-order valence-corrected chi connectivity index (χ2v) is 5.90. The monoisotopic (exact) mass is 332 g/mol. The lowest BCUT2D eigenvalue weighted by atomic mass is 9.84. The third-order valence-electron chi connectivity index (χ3n) is 3.72. The van der Waals surface area contributed by atoms with Crippen LogP contribution in [0.2, 0.25) is 0 Å². The molecule has 2 atom stereocenters. The molecule has 0 saturated carbocycles. The number of benzene rings is 1. The van der Waals surface area contributed by atoms with Crippen LogP contribution in [0.5, 0.6) is 11.5 Å². The molecular formula is C18H20O6. The van der Waals surface area contributed by atoms with Crippen LogP contribution in [0.4, 0.5) is 0 Å². The molecule has 1 aromatic rings. The molecule has 0 aromatic heterocycles. The number of aromatic hydroxyl groups is 2. The summed E-state index contributed by atoms with van der Waals surface area (Å²) in [6.07, 6.45) is 1.16. The van der Waals surface area contributed by atoms with Crippen molar-refractivity contribution in [1.29, 1.82) is 0 Å². The van der Waals surface area contributed by atoms with Crippen LogP contribution >= 0.6 is 0 Å². The molecule has 0 saturated heterocycles. The zero-order valence-electron chi connectivity index (χ0n) is 13.7. The lowest BCUT2D eigenvalue weighted by Gasteiger charge is -2.26. The molecule has 0 heterocycles. The van der Waals surface area contributed by atoms with Gasteiger partial charge < -0.3 is 20.1 Å². The average molecular weight is 332 g/mol. The predicted molar refractivity (Wildman–Crippen MR) is 86.7 cm³/mol. The Bertz CT molecular complexity index is 740. The van der Waals surface area contributed by atoms with Crippen molar-refractivity contribution in [2.75, 3.05) is 0 Å². The van der Waals surface area contributed by atoms with Gasteiger partial charge in [-0.05, 0) is 32.1 Å². The molecule has 6 nitrogen and oxygen atoms in total. The Hall–Kier alpha value is -2.60. The molecule has 0 radical (unpaired) electrons. The molecule has 1 aliphatic carbocycles. The molecule has 24 heavy (non-hydrogen) atoms. The SMILES string of the molecule is CC(=O)O[C@H](CC=C(C)C)C1=CC(O)c2c(O)ccc(O)c2C1=O. The first-order valence-electron chi connectivity index (χ1n) is 7.52. The first-order chi connectivity index (χ1) is 11.2. The number of carbonyl (C=O) groups is 2. The molecule has 0 aliphatic heterocycles. The molecule has 0 bridgehead atoms. The maximum atomic E-state index is 12.7. The van der Waals surface area contributed by atoms with Crippen LogP contribution in [0.1, 0.15) is 49.2 Å². The number of rotatable bonds is 4. The number of esters is 1. The Morgan fingerprint density at radius 1 is 1.25 bits per heavy atom. The number of carbonyl (C=O) groups excluding carboxylic acids is 2. The molecular weight excluding hydrogens is 312 g/mol. The van der Waals surface area contributed by atoms with E-state index < -0.39 is 24.0 Å². The van der Waals surface area contributed by atoms with Gasteiger partial charge >= 0.3 is 5.97 Å². The van der Waals surface area contributed by atoms with Crippen molar-refractivity contribution in [1.82, 2.24) is 0 Å². The van der Waals surface area contributed by atoms with Crippen molar-refractivity contribution in [2.45, 2.75) is 39.4 Å². The molecule has 6 heteroatoms.